The number of anilines is 1. The van der Waals surface area contributed by atoms with Gasteiger partial charge in [-0.05, 0) is 32.0 Å². The van der Waals surface area contributed by atoms with Crippen molar-refractivity contribution in [1.29, 1.82) is 0 Å². The average molecular weight is 249 g/mol. The van der Waals surface area contributed by atoms with E-state index in [1.165, 1.54) is 26.0 Å². The van der Waals surface area contributed by atoms with Crippen LogP contribution in [0, 0.1) is 0 Å². The second kappa shape index (κ2) is 4.93. The number of halogens is 3. The van der Waals surface area contributed by atoms with Gasteiger partial charge in [0.15, 0.2) is 0 Å². The first kappa shape index (κ1) is 13.8. The Morgan fingerprint density at radius 3 is 2.06 bits per heavy atom. The number of alkyl halides is 3. The molecule has 0 heterocycles. The second-order valence-electron chi connectivity index (χ2n) is 3.72. The highest BCUT2D eigenvalue weighted by molar-refractivity contribution is 5.49. The summed E-state index contributed by atoms with van der Waals surface area (Å²) in [5.74, 6) is 0. The van der Waals surface area contributed by atoms with E-state index in [2.05, 4.69) is 0 Å². The van der Waals surface area contributed by atoms with Gasteiger partial charge in [0, 0.05) is 5.69 Å². The van der Waals surface area contributed by atoms with Crippen molar-refractivity contribution >= 4 is 5.69 Å². The number of aliphatic hydroxyl groups is 2. The Balaban J connectivity index is 3.14. The lowest BCUT2D eigenvalue weighted by molar-refractivity contribution is -0.137. The van der Waals surface area contributed by atoms with Gasteiger partial charge in [-0.25, -0.2) is 0 Å². The Labute approximate surface area is 97.1 Å². The lowest BCUT2D eigenvalue weighted by atomic mass is 10.1. The Bertz CT molecular complexity index is 369. The van der Waals surface area contributed by atoms with Crippen LogP contribution in [0.3, 0.4) is 0 Å². The number of hydrogen-bond donors (Lipinski definition) is 2. The average Bonchev–Trinajstić information content (AvgIpc) is 2.15. The van der Waals surface area contributed by atoms with Gasteiger partial charge in [0.2, 0.25) is 0 Å². The predicted octanol–water partition coefficient (Wildman–Crippen LogP) is 2.19. The highest BCUT2D eigenvalue weighted by Gasteiger charge is 2.31. The third kappa shape index (κ3) is 3.34. The fourth-order valence-corrected chi connectivity index (χ4v) is 1.59. The predicted molar refractivity (Wildman–Crippen MR) is 57.3 cm³/mol. The van der Waals surface area contributed by atoms with Gasteiger partial charge in [-0.15, -0.1) is 0 Å². The van der Waals surface area contributed by atoms with Crippen molar-refractivity contribution in [2.45, 2.75) is 32.5 Å². The molecule has 0 amide bonds. The Kier molecular flexibility index (Phi) is 4.00. The molecular weight excluding hydrogens is 235 g/mol. The smallest absolute Gasteiger partial charge is 0.374 e. The molecule has 0 aliphatic heterocycles. The van der Waals surface area contributed by atoms with Gasteiger partial charge >= 0.3 is 6.18 Å². The first-order chi connectivity index (χ1) is 7.73. The van der Waals surface area contributed by atoms with Gasteiger partial charge in [-0.3, -0.25) is 0 Å². The molecule has 1 aromatic rings. The number of aliphatic hydroxyl groups excluding tert-OH is 2. The maximum atomic E-state index is 12.5. The Morgan fingerprint density at radius 1 is 1.12 bits per heavy atom. The lowest BCUT2D eigenvalue weighted by Gasteiger charge is -2.30. The maximum absolute atomic E-state index is 12.5. The zero-order chi connectivity index (χ0) is 13.2. The molecule has 1 rings (SSSR count). The summed E-state index contributed by atoms with van der Waals surface area (Å²) in [7, 11) is 0. The fourth-order valence-electron chi connectivity index (χ4n) is 1.59. The van der Waals surface area contributed by atoms with Crippen molar-refractivity contribution in [3.63, 3.8) is 0 Å². The van der Waals surface area contributed by atoms with Crippen LogP contribution in [0.1, 0.15) is 19.4 Å². The summed E-state index contributed by atoms with van der Waals surface area (Å²) in [6.07, 6.45) is -6.61. The molecule has 0 spiro atoms. The quantitative estimate of drug-likeness (QED) is 0.807. The van der Waals surface area contributed by atoms with Gasteiger partial charge in [0.25, 0.3) is 0 Å². The summed E-state index contributed by atoms with van der Waals surface area (Å²) in [6, 6.07) is 4.45. The van der Waals surface area contributed by atoms with E-state index in [0.717, 1.165) is 17.0 Å². The SMILES string of the molecule is CC(O)N(c1cccc(C(F)(F)F)c1)C(C)O. The van der Waals surface area contributed by atoms with Gasteiger partial charge < -0.3 is 15.1 Å². The standard InChI is InChI=1S/C11H14F3NO2/c1-7(16)15(8(2)17)10-5-3-4-9(6-10)11(12,13)14/h3-8,16-17H,1-2H3. The zero-order valence-electron chi connectivity index (χ0n) is 9.44. The molecule has 2 atom stereocenters. The normalized spacial score (nSPS) is 15.5. The molecule has 0 fully saturated rings. The number of nitrogens with zero attached hydrogens (tertiary/aromatic N) is 1. The van der Waals surface area contributed by atoms with Crippen molar-refractivity contribution in [3.8, 4) is 0 Å². The molecule has 0 radical (unpaired) electrons. The minimum absolute atomic E-state index is 0.116. The molecule has 0 aliphatic carbocycles. The van der Waals surface area contributed by atoms with E-state index in [4.69, 9.17) is 0 Å². The van der Waals surface area contributed by atoms with Crippen LogP contribution in [0.25, 0.3) is 0 Å². The highest BCUT2D eigenvalue weighted by Crippen LogP contribution is 2.32. The van der Waals surface area contributed by atoms with Gasteiger partial charge in [0.1, 0.15) is 12.5 Å². The summed E-state index contributed by atoms with van der Waals surface area (Å²) in [5.41, 5.74) is -0.703. The molecule has 6 heteroatoms. The first-order valence-electron chi connectivity index (χ1n) is 5.05. The topological polar surface area (TPSA) is 43.7 Å². The summed E-state index contributed by atoms with van der Waals surface area (Å²) in [5, 5.41) is 18.8. The van der Waals surface area contributed by atoms with Crippen molar-refractivity contribution in [3.05, 3.63) is 29.8 Å². The van der Waals surface area contributed by atoms with E-state index in [9.17, 15) is 23.4 Å². The van der Waals surface area contributed by atoms with Crippen molar-refractivity contribution < 1.29 is 23.4 Å². The van der Waals surface area contributed by atoms with Gasteiger partial charge in [-0.1, -0.05) is 6.07 Å². The van der Waals surface area contributed by atoms with Crippen LogP contribution in [-0.2, 0) is 6.18 Å². The third-order valence-corrected chi connectivity index (χ3v) is 2.28. The second-order valence-corrected chi connectivity index (χ2v) is 3.72. The molecule has 17 heavy (non-hydrogen) atoms. The minimum atomic E-state index is -4.45. The number of benzene rings is 1. The van der Waals surface area contributed by atoms with E-state index in [-0.39, 0.29) is 5.69 Å². The Hall–Kier alpha value is -1.27. The van der Waals surface area contributed by atoms with E-state index >= 15 is 0 Å². The molecule has 0 saturated carbocycles. The van der Waals surface area contributed by atoms with Crippen molar-refractivity contribution in [1.82, 2.24) is 0 Å². The lowest BCUT2D eigenvalue weighted by Crippen LogP contribution is -2.40. The fraction of sp³-hybridized carbons (Fsp3) is 0.455. The largest absolute Gasteiger partial charge is 0.416 e. The van der Waals surface area contributed by atoms with Crippen LogP contribution in [0.5, 0.6) is 0 Å². The molecule has 0 saturated heterocycles. The van der Waals surface area contributed by atoms with Crippen LogP contribution in [0.4, 0.5) is 18.9 Å². The molecule has 96 valence electrons. The summed E-state index contributed by atoms with van der Waals surface area (Å²) < 4.78 is 37.5. The van der Waals surface area contributed by atoms with Crippen molar-refractivity contribution in [2.24, 2.45) is 0 Å². The molecule has 2 N–H and O–H groups in total. The van der Waals surface area contributed by atoms with E-state index in [1.54, 1.807) is 0 Å². The first-order valence-corrected chi connectivity index (χ1v) is 5.05. The molecule has 3 nitrogen and oxygen atoms in total. The molecule has 0 aromatic heterocycles. The summed E-state index contributed by atoms with van der Waals surface area (Å²) in [6.45, 7) is 2.74. The molecule has 1 aromatic carbocycles. The monoisotopic (exact) mass is 249 g/mol. The molecule has 0 bridgehead atoms. The number of rotatable bonds is 3. The van der Waals surface area contributed by atoms with Crippen molar-refractivity contribution in [2.75, 3.05) is 4.90 Å². The van der Waals surface area contributed by atoms with Crippen LogP contribution in [0.15, 0.2) is 24.3 Å². The Morgan fingerprint density at radius 2 is 1.65 bits per heavy atom. The van der Waals surface area contributed by atoms with Gasteiger partial charge in [0.05, 0.1) is 5.56 Å². The summed E-state index contributed by atoms with van der Waals surface area (Å²) in [4.78, 5) is 1.08. The van der Waals surface area contributed by atoms with Crippen LogP contribution >= 0.6 is 0 Å². The molecule has 2 unspecified atom stereocenters. The molecule has 0 aliphatic rings. The van der Waals surface area contributed by atoms with Gasteiger partial charge in [-0.2, -0.15) is 13.2 Å². The zero-order valence-corrected chi connectivity index (χ0v) is 9.44. The maximum Gasteiger partial charge on any atom is 0.416 e. The van der Waals surface area contributed by atoms with Crippen LogP contribution in [-0.4, -0.2) is 22.7 Å². The molecular formula is C11H14F3NO2. The minimum Gasteiger partial charge on any atom is -0.374 e. The van der Waals surface area contributed by atoms with E-state index in [1.807, 2.05) is 0 Å². The number of hydrogen-bond acceptors (Lipinski definition) is 3. The highest BCUT2D eigenvalue weighted by atomic mass is 19.4. The van der Waals surface area contributed by atoms with E-state index in [0.29, 0.717) is 0 Å². The van der Waals surface area contributed by atoms with Crippen LogP contribution in [0.2, 0.25) is 0 Å². The third-order valence-electron chi connectivity index (χ3n) is 2.28. The van der Waals surface area contributed by atoms with E-state index < -0.39 is 24.2 Å². The van der Waals surface area contributed by atoms with Crippen LogP contribution < -0.4 is 4.90 Å². The summed E-state index contributed by atoms with van der Waals surface area (Å²) >= 11 is 0.